The first-order valence-corrected chi connectivity index (χ1v) is 7.71. The van der Waals surface area contributed by atoms with E-state index in [-0.39, 0.29) is 5.97 Å². The quantitative estimate of drug-likeness (QED) is 0.800. The summed E-state index contributed by atoms with van der Waals surface area (Å²) in [6.45, 7) is 1.78. The Morgan fingerprint density at radius 1 is 1.09 bits per heavy atom. The number of esters is 2. The summed E-state index contributed by atoms with van der Waals surface area (Å²) in [6.07, 6.45) is 1.31. The number of carbonyl (C=O) groups is 2. The average molecular weight is 312 g/mol. The molecule has 0 heterocycles. The molecule has 0 N–H and O–H groups in total. The van der Waals surface area contributed by atoms with Gasteiger partial charge < -0.3 is 9.47 Å². The number of carbonyl (C=O) groups excluding carboxylic acids is 2. The van der Waals surface area contributed by atoms with Crippen LogP contribution in [0.5, 0.6) is 0 Å². The van der Waals surface area contributed by atoms with Crippen LogP contribution in [0.15, 0.2) is 36.4 Å². The maximum absolute atomic E-state index is 12.6. The van der Waals surface area contributed by atoms with E-state index in [1.165, 1.54) is 14.2 Å². The predicted molar refractivity (Wildman–Crippen MR) is 87.1 cm³/mol. The van der Waals surface area contributed by atoms with Gasteiger partial charge >= 0.3 is 11.9 Å². The zero-order valence-corrected chi connectivity index (χ0v) is 13.6. The maximum atomic E-state index is 12.6. The van der Waals surface area contributed by atoms with Crippen LogP contribution in [0.3, 0.4) is 0 Å². The number of hydrogen-bond donors (Lipinski definition) is 0. The van der Waals surface area contributed by atoms with Gasteiger partial charge in [-0.2, -0.15) is 0 Å². The summed E-state index contributed by atoms with van der Waals surface area (Å²) in [5, 5.41) is 2.26. The molecule has 0 bridgehead atoms. The molecular weight excluding hydrogens is 292 g/mol. The fraction of sp³-hybridized carbons (Fsp3) is 0.368. The van der Waals surface area contributed by atoms with Crippen LogP contribution in [0, 0.1) is 5.92 Å². The summed E-state index contributed by atoms with van der Waals surface area (Å²) >= 11 is 0. The molecule has 0 saturated heterocycles. The van der Waals surface area contributed by atoms with Gasteiger partial charge in [0.2, 0.25) is 0 Å². The molecule has 0 radical (unpaired) electrons. The number of ether oxygens (including phenoxy) is 2. The smallest absolute Gasteiger partial charge is 0.316 e. The van der Waals surface area contributed by atoms with E-state index in [9.17, 15) is 9.59 Å². The fourth-order valence-corrected chi connectivity index (χ4v) is 3.82. The van der Waals surface area contributed by atoms with Crippen LogP contribution in [-0.2, 0) is 30.9 Å². The largest absolute Gasteiger partial charge is 0.469 e. The molecule has 0 amide bonds. The van der Waals surface area contributed by atoms with Gasteiger partial charge in [0.25, 0.3) is 0 Å². The van der Waals surface area contributed by atoms with Gasteiger partial charge in [0, 0.05) is 0 Å². The molecule has 0 saturated carbocycles. The third-order valence-electron chi connectivity index (χ3n) is 5.08. The lowest BCUT2D eigenvalue weighted by molar-refractivity contribution is -0.160. The Bertz CT molecular complexity index is 780. The molecule has 2 aromatic rings. The normalized spacial score (nSPS) is 23.2. The van der Waals surface area contributed by atoms with E-state index in [4.69, 9.17) is 9.47 Å². The number of hydrogen-bond acceptors (Lipinski definition) is 4. The van der Waals surface area contributed by atoms with Crippen molar-refractivity contribution in [2.45, 2.75) is 25.2 Å². The van der Waals surface area contributed by atoms with Gasteiger partial charge in [-0.3, -0.25) is 9.59 Å². The minimum absolute atomic E-state index is 0.364. The van der Waals surface area contributed by atoms with Crippen LogP contribution in [0.2, 0.25) is 0 Å². The molecule has 1 aliphatic carbocycles. The highest BCUT2D eigenvalue weighted by Crippen LogP contribution is 2.45. The van der Waals surface area contributed by atoms with E-state index in [1.54, 1.807) is 6.92 Å². The van der Waals surface area contributed by atoms with E-state index in [0.29, 0.717) is 6.42 Å². The van der Waals surface area contributed by atoms with E-state index >= 15 is 0 Å². The minimum atomic E-state index is -1.03. The molecule has 120 valence electrons. The van der Waals surface area contributed by atoms with Gasteiger partial charge in [-0.1, -0.05) is 36.4 Å². The molecule has 1 aliphatic rings. The van der Waals surface area contributed by atoms with Crippen LogP contribution in [0.1, 0.15) is 24.5 Å². The number of benzene rings is 2. The lowest BCUT2D eigenvalue weighted by Crippen LogP contribution is -2.48. The standard InChI is InChI=1S/C19H20O4/c1-19(18(21)23-3)15-10-8-12-6-4-5-7-13(12)14(15)9-11-16(19)17(20)22-2/h4-8,10,16H,9,11H2,1-3H3/t16-,19+/m0/s1. The van der Waals surface area contributed by atoms with Crippen molar-refractivity contribution in [3.05, 3.63) is 47.5 Å². The van der Waals surface area contributed by atoms with Gasteiger partial charge in [-0.15, -0.1) is 0 Å². The summed E-state index contributed by atoms with van der Waals surface area (Å²) in [5.41, 5.74) is 0.959. The second-order valence-electron chi connectivity index (χ2n) is 6.12. The molecule has 0 spiro atoms. The average Bonchev–Trinajstić information content (AvgIpc) is 2.60. The number of rotatable bonds is 2. The molecule has 2 aromatic carbocycles. The highest BCUT2D eigenvalue weighted by Gasteiger charge is 2.51. The number of fused-ring (bicyclic) bond motifs is 3. The van der Waals surface area contributed by atoms with Gasteiger partial charge in [-0.05, 0) is 41.7 Å². The monoisotopic (exact) mass is 312 g/mol. The fourth-order valence-electron chi connectivity index (χ4n) is 3.82. The van der Waals surface area contributed by atoms with E-state index < -0.39 is 17.3 Å². The van der Waals surface area contributed by atoms with Crippen molar-refractivity contribution in [2.24, 2.45) is 5.92 Å². The SMILES string of the molecule is COC(=O)[C@@H]1CCc2c(ccc3ccccc23)[C@@]1(C)C(=O)OC. The van der Waals surface area contributed by atoms with Crippen molar-refractivity contribution in [3.8, 4) is 0 Å². The third-order valence-corrected chi connectivity index (χ3v) is 5.08. The van der Waals surface area contributed by atoms with Gasteiger partial charge in [0.1, 0.15) is 5.41 Å². The molecule has 3 rings (SSSR count). The molecular formula is C19H20O4. The molecule has 23 heavy (non-hydrogen) atoms. The van der Waals surface area contributed by atoms with Crippen LogP contribution in [-0.4, -0.2) is 26.2 Å². The highest BCUT2D eigenvalue weighted by molar-refractivity contribution is 5.95. The second-order valence-corrected chi connectivity index (χ2v) is 6.12. The highest BCUT2D eigenvalue weighted by atomic mass is 16.5. The summed E-state index contributed by atoms with van der Waals surface area (Å²) in [7, 11) is 2.72. The Labute approximate surface area is 135 Å². The number of methoxy groups -OCH3 is 2. The van der Waals surface area contributed by atoms with Crippen molar-refractivity contribution in [1.29, 1.82) is 0 Å². The maximum Gasteiger partial charge on any atom is 0.316 e. The Hall–Kier alpha value is -2.36. The van der Waals surface area contributed by atoms with E-state index in [1.807, 2.05) is 24.3 Å². The lowest BCUT2D eigenvalue weighted by Gasteiger charge is -2.39. The van der Waals surface area contributed by atoms with Crippen molar-refractivity contribution >= 4 is 22.7 Å². The van der Waals surface area contributed by atoms with Crippen molar-refractivity contribution in [3.63, 3.8) is 0 Å². The molecule has 2 atom stereocenters. The van der Waals surface area contributed by atoms with Crippen molar-refractivity contribution in [1.82, 2.24) is 0 Å². The summed E-state index contributed by atoms with van der Waals surface area (Å²) in [5.74, 6) is -1.30. The lowest BCUT2D eigenvalue weighted by atomic mass is 9.63. The Morgan fingerprint density at radius 2 is 1.83 bits per heavy atom. The van der Waals surface area contributed by atoms with Crippen molar-refractivity contribution < 1.29 is 19.1 Å². The van der Waals surface area contributed by atoms with Crippen LogP contribution < -0.4 is 0 Å². The van der Waals surface area contributed by atoms with E-state index in [2.05, 4.69) is 12.1 Å². The molecule has 0 aromatic heterocycles. The van der Waals surface area contributed by atoms with Gasteiger partial charge in [0.15, 0.2) is 0 Å². The Kier molecular flexibility index (Phi) is 3.84. The first kappa shape index (κ1) is 15.5. The predicted octanol–water partition coefficient (Wildman–Crippen LogP) is 3.01. The van der Waals surface area contributed by atoms with Crippen LogP contribution in [0.25, 0.3) is 10.8 Å². The summed E-state index contributed by atoms with van der Waals surface area (Å²) < 4.78 is 9.98. The first-order chi connectivity index (χ1) is 11.0. The summed E-state index contributed by atoms with van der Waals surface area (Å²) in [4.78, 5) is 24.8. The van der Waals surface area contributed by atoms with Gasteiger partial charge in [0.05, 0.1) is 20.1 Å². The summed E-state index contributed by atoms with van der Waals surface area (Å²) in [6, 6.07) is 12.0. The van der Waals surface area contributed by atoms with Gasteiger partial charge in [-0.25, -0.2) is 0 Å². The minimum Gasteiger partial charge on any atom is -0.469 e. The molecule has 4 nitrogen and oxygen atoms in total. The zero-order valence-electron chi connectivity index (χ0n) is 13.6. The Morgan fingerprint density at radius 3 is 2.52 bits per heavy atom. The Balaban J connectivity index is 2.26. The third kappa shape index (κ3) is 2.21. The van der Waals surface area contributed by atoms with Crippen LogP contribution in [0.4, 0.5) is 0 Å². The molecule has 0 fully saturated rings. The topological polar surface area (TPSA) is 52.6 Å². The first-order valence-electron chi connectivity index (χ1n) is 7.71. The van der Waals surface area contributed by atoms with Crippen molar-refractivity contribution in [2.75, 3.05) is 14.2 Å². The number of aryl methyl sites for hydroxylation is 1. The zero-order chi connectivity index (χ0) is 16.6. The molecule has 4 heteroatoms. The second kappa shape index (κ2) is 5.69. The molecule has 0 aliphatic heterocycles. The molecule has 0 unspecified atom stereocenters. The van der Waals surface area contributed by atoms with Crippen LogP contribution >= 0.6 is 0 Å². The van der Waals surface area contributed by atoms with E-state index in [0.717, 1.165) is 28.3 Å².